The Morgan fingerprint density at radius 3 is 2.27 bits per heavy atom. The normalized spacial score (nSPS) is 16.4. The Bertz CT molecular complexity index is 1270. The molecule has 1 fully saturated rings. The van der Waals surface area contributed by atoms with Crippen LogP contribution in [0.25, 0.3) is 21.8 Å². The third-order valence-corrected chi connectivity index (χ3v) is 6.94. The van der Waals surface area contributed by atoms with Crippen molar-refractivity contribution in [2.24, 2.45) is 7.05 Å². The van der Waals surface area contributed by atoms with Crippen molar-refractivity contribution in [1.29, 1.82) is 0 Å². The lowest BCUT2D eigenvalue weighted by molar-refractivity contribution is 0.143. The molecule has 1 aliphatic rings. The summed E-state index contributed by atoms with van der Waals surface area (Å²) in [5, 5.41) is 5.99. The van der Waals surface area contributed by atoms with E-state index in [4.69, 9.17) is 9.47 Å². The molecule has 0 amide bonds. The average Bonchev–Trinajstić information content (AvgIpc) is 3.00. The molecule has 11 heteroatoms. The van der Waals surface area contributed by atoms with Crippen LogP contribution in [0.1, 0.15) is 0 Å². The van der Waals surface area contributed by atoms with Gasteiger partial charge in [0.25, 0.3) is 5.56 Å². The van der Waals surface area contributed by atoms with Crippen LogP contribution in [0.3, 0.4) is 0 Å². The van der Waals surface area contributed by atoms with Crippen molar-refractivity contribution in [3.05, 3.63) is 28.7 Å². The number of methoxy groups -OCH3 is 2. The number of nitrogens with zero attached hydrogens (tertiary/aromatic N) is 5. The number of hydrogen-bond acceptors (Lipinski definition) is 7. The number of aryl methyl sites for hydroxylation is 1. The van der Waals surface area contributed by atoms with Crippen LogP contribution in [0.4, 0.5) is 0 Å². The smallest absolute Gasteiger partial charge is 0.292 e. The molecule has 0 aliphatic carbocycles. The van der Waals surface area contributed by atoms with Crippen LogP contribution in [-0.2, 0) is 23.7 Å². The molecule has 3 heterocycles. The van der Waals surface area contributed by atoms with E-state index in [0.717, 1.165) is 16.3 Å². The molecular formula is C19H25N5O5S. The molecule has 1 aliphatic heterocycles. The van der Waals surface area contributed by atoms with Gasteiger partial charge in [-0.15, -0.1) is 0 Å². The molecule has 0 spiro atoms. The summed E-state index contributed by atoms with van der Waals surface area (Å²) < 4.78 is 38.9. The highest BCUT2D eigenvalue weighted by molar-refractivity contribution is 7.88. The lowest BCUT2D eigenvalue weighted by Crippen LogP contribution is -2.49. The van der Waals surface area contributed by atoms with Crippen molar-refractivity contribution < 1.29 is 17.9 Å². The van der Waals surface area contributed by atoms with E-state index < -0.39 is 10.0 Å². The average molecular weight is 436 g/mol. The van der Waals surface area contributed by atoms with Crippen LogP contribution >= 0.6 is 0 Å². The largest absolute Gasteiger partial charge is 0.493 e. The van der Waals surface area contributed by atoms with E-state index in [1.807, 2.05) is 28.6 Å². The molecule has 30 heavy (non-hydrogen) atoms. The van der Waals surface area contributed by atoms with Gasteiger partial charge in [-0.2, -0.15) is 9.40 Å². The van der Waals surface area contributed by atoms with Crippen LogP contribution in [0, 0.1) is 0 Å². The fourth-order valence-corrected chi connectivity index (χ4v) is 4.80. The van der Waals surface area contributed by atoms with Gasteiger partial charge < -0.3 is 14.0 Å². The molecule has 1 aromatic carbocycles. The van der Waals surface area contributed by atoms with Gasteiger partial charge in [-0.3, -0.25) is 9.69 Å². The third-order valence-electron chi connectivity index (χ3n) is 5.64. The summed E-state index contributed by atoms with van der Waals surface area (Å²) in [6.07, 6.45) is 2.91. The van der Waals surface area contributed by atoms with E-state index in [9.17, 15) is 13.2 Å². The van der Waals surface area contributed by atoms with Crippen molar-refractivity contribution in [2.45, 2.75) is 6.67 Å². The van der Waals surface area contributed by atoms with Gasteiger partial charge in [-0.25, -0.2) is 13.1 Å². The standard InChI is InChI=1S/C19H25N5O5S/c1-21-15-10-17(29-3)16(28-2)9-13(15)14-11-20-24(19(25)18(14)21)12-22-5-7-23(8-6-22)30(4,26)27/h9-11H,5-8,12H2,1-4H3. The first-order chi connectivity index (χ1) is 14.2. The maximum atomic E-state index is 13.2. The highest BCUT2D eigenvalue weighted by Gasteiger charge is 2.24. The Morgan fingerprint density at radius 2 is 1.67 bits per heavy atom. The molecule has 10 nitrogen and oxygen atoms in total. The predicted octanol–water partition coefficient (Wildman–Crippen LogP) is 0.440. The third kappa shape index (κ3) is 3.42. The first-order valence-electron chi connectivity index (χ1n) is 9.52. The molecule has 2 aromatic heterocycles. The predicted molar refractivity (Wildman–Crippen MR) is 114 cm³/mol. The lowest BCUT2D eigenvalue weighted by atomic mass is 10.2. The minimum atomic E-state index is -3.19. The summed E-state index contributed by atoms with van der Waals surface area (Å²) in [5.74, 6) is 1.18. The van der Waals surface area contributed by atoms with Crippen molar-refractivity contribution in [2.75, 3.05) is 46.7 Å². The Kier molecular flexibility index (Phi) is 5.20. The fourth-order valence-electron chi connectivity index (χ4n) is 3.97. The van der Waals surface area contributed by atoms with Crippen molar-refractivity contribution in [3.63, 3.8) is 0 Å². The minimum Gasteiger partial charge on any atom is -0.493 e. The number of piperazine rings is 1. The highest BCUT2D eigenvalue weighted by Crippen LogP contribution is 2.36. The van der Waals surface area contributed by atoms with Crippen molar-refractivity contribution in [1.82, 2.24) is 23.6 Å². The van der Waals surface area contributed by atoms with Crippen LogP contribution in [0.5, 0.6) is 11.5 Å². The van der Waals surface area contributed by atoms with E-state index in [0.29, 0.717) is 49.9 Å². The van der Waals surface area contributed by atoms with Gasteiger partial charge in [0.15, 0.2) is 11.5 Å². The van der Waals surface area contributed by atoms with Crippen LogP contribution in [-0.4, -0.2) is 78.6 Å². The summed E-state index contributed by atoms with van der Waals surface area (Å²) in [5.41, 5.74) is 1.20. The molecule has 0 N–H and O–H groups in total. The Hall–Kier alpha value is -2.63. The maximum absolute atomic E-state index is 13.2. The van der Waals surface area contributed by atoms with E-state index >= 15 is 0 Å². The number of rotatable bonds is 5. The molecule has 1 saturated heterocycles. The molecular weight excluding hydrogens is 410 g/mol. The van der Waals surface area contributed by atoms with Crippen LogP contribution in [0.2, 0.25) is 0 Å². The SMILES string of the molecule is COc1cc2c3cnn(CN4CCN(S(C)(=O)=O)CC4)c(=O)c3n(C)c2cc1OC. The summed E-state index contributed by atoms with van der Waals surface area (Å²) in [7, 11) is 1.79. The molecule has 0 atom stereocenters. The Morgan fingerprint density at radius 1 is 1.03 bits per heavy atom. The summed E-state index contributed by atoms with van der Waals surface area (Å²) in [6, 6.07) is 3.70. The fraction of sp³-hybridized carbons (Fsp3) is 0.474. The highest BCUT2D eigenvalue weighted by atomic mass is 32.2. The van der Waals surface area contributed by atoms with Gasteiger partial charge in [-0.05, 0) is 6.07 Å². The number of fused-ring (bicyclic) bond motifs is 3. The minimum absolute atomic E-state index is 0.199. The van der Waals surface area contributed by atoms with E-state index in [1.165, 1.54) is 15.2 Å². The van der Waals surface area contributed by atoms with Gasteiger partial charge in [0.2, 0.25) is 10.0 Å². The topological polar surface area (TPSA) is 98.9 Å². The van der Waals surface area contributed by atoms with E-state index in [2.05, 4.69) is 5.10 Å². The van der Waals surface area contributed by atoms with Crippen LogP contribution < -0.4 is 15.0 Å². The second kappa shape index (κ2) is 7.56. The molecule has 4 rings (SSSR count). The first kappa shape index (κ1) is 20.6. The Labute approximate surface area is 174 Å². The van der Waals surface area contributed by atoms with Crippen molar-refractivity contribution in [3.8, 4) is 11.5 Å². The summed E-state index contributed by atoms with van der Waals surface area (Å²) in [6.45, 7) is 2.21. The van der Waals surface area contributed by atoms with Gasteiger partial charge in [0.1, 0.15) is 5.52 Å². The van der Waals surface area contributed by atoms with Crippen LogP contribution in [0.15, 0.2) is 23.1 Å². The molecule has 0 radical (unpaired) electrons. The van der Waals surface area contributed by atoms with Crippen molar-refractivity contribution >= 4 is 31.8 Å². The number of ether oxygens (including phenoxy) is 2. The molecule has 0 bridgehead atoms. The molecule has 0 unspecified atom stereocenters. The molecule has 3 aromatic rings. The zero-order chi connectivity index (χ0) is 21.6. The Balaban J connectivity index is 1.70. The second-order valence-corrected chi connectivity index (χ2v) is 9.40. The maximum Gasteiger partial charge on any atom is 0.292 e. The summed E-state index contributed by atoms with van der Waals surface area (Å²) in [4.78, 5) is 15.2. The molecule has 162 valence electrons. The van der Waals surface area contributed by atoms with Gasteiger partial charge in [-0.1, -0.05) is 0 Å². The lowest BCUT2D eigenvalue weighted by Gasteiger charge is -2.32. The zero-order valence-electron chi connectivity index (χ0n) is 17.5. The summed E-state index contributed by atoms with van der Waals surface area (Å²) >= 11 is 0. The quantitative estimate of drug-likeness (QED) is 0.573. The zero-order valence-corrected chi connectivity index (χ0v) is 18.3. The number of aromatic nitrogens is 3. The van der Waals surface area contributed by atoms with Gasteiger partial charge in [0, 0.05) is 50.1 Å². The van der Waals surface area contributed by atoms with E-state index in [1.54, 1.807) is 20.4 Å². The van der Waals surface area contributed by atoms with Gasteiger partial charge in [0.05, 0.1) is 38.9 Å². The van der Waals surface area contributed by atoms with E-state index in [-0.39, 0.29) is 5.56 Å². The number of benzene rings is 1. The first-order valence-corrected chi connectivity index (χ1v) is 11.4. The monoisotopic (exact) mass is 435 g/mol. The molecule has 0 saturated carbocycles. The number of sulfonamides is 1. The number of hydrogen-bond donors (Lipinski definition) is 0. The van der Waals surface area contributed by atoms with Gasteiger partial charge >= 0.3 is 0 Å². The second-order valence-electron chi connectivity index (χ2n) is 7.42.